The van der Waals surface area contributed by atoms with Gasteiger partial charge in [-0.05, 0) is 36.8 Å². The Bertz CT molecular complexity index is 670. The second-order valence-corrected chi connectivity index (χ2v) is 4.41. The summed E-state index contributed by atoms with van der Waals surface area (Å²) in [6, 6.07) is 15.6. The average molecular weight is 238 g/mol. The fourth-order valence-electron chi connectivity index (χ4n) is 2.20. The lowest BCUT2D eigenvalue weighted by Crippen LogP contribution is -2.04. The normalized spacial score (nSPS) is 12.7. The van der Waals surface area contributed by atoms with E-state index in [-0.39, 0.29) is 6.04 Å². The van der Waals surface area contributed by atoms with Gasteiger partial charge in [0.1, 0.15) is 5.75 Å². The van der Waals surface area contributed by atoms with E-state index < -0.39 is 0 Å². The lowest BCUT2D eigenvalue weighted by Gasteiger charge is -2.14. The summed E-state index contributed by atoms with van der Waals surface area (Å²) in [7, 11) is 0. The molecule has 0 fully saturated rings. The van der Waals surface area contributed by atoms with E-state index >= 15 is 0 Å². The number of rotatable bonds is 2. The summed E-state index contributed by atoms with van der Waals surface area (Å²) in [5, 5.41) is 9.32. The maximum Gasteiger partial charge on any atom is 0.115 e. The maximum absolute atomic E-state index is 9.32. The lowest BCUT2D eigenvalue weighted by molar-refractivity contribution is 0.474. The largest absolute Gasteiger partial charge is 0.508 e. The Balaban J connectivity index is 2.06. The number of phenols is 1. The third-order valence-corrected chi connectivity index (χ3v) is 3.27. The van der Waals surface area contributed by atoms with Crippen molar-refractivity contribution < 1.29 is 5.11 Å². The molecule has 0 aliphatic carbocycles. The zero-order chi connectivity index (χ0) is 12.5. The summed E-state index contributed by atoms with van der Waals surface area (Å²) in [4.78, 5) is 4.40. The number of benzene rings is 2. The van der Waals surface area contributed by atoms with Crippen LogP contribution in [0, 0.1) is 0 Å². The molecule has 3 aromatic rings. The molecule has 3 heteroatoms. The number of imidazole rings is 1. The van der Waals surface area contributed by atoms with Gasteiger partial charge in [-0.2, -0.15) is 0 Å². The molecule has 3 nitrogen and oxygen atoms in total. The highest BCUT2D eigenvalue weighted by molar-refractivity contribution is 5.75. The van der Waals surface area contributed by atoms with Crippen molar-refractivity contribution in [2.45, 2.75) is 13.0 Å². The molecule has 0 amide bonds. The van der Waals surface area contributed by atoms with Crippen LogP contribution in [0.1, 0.15) is 18.5 Å². The van der Waals surface area contributed by atoms with Gasteiger partial charge < -0.3 is 9.67 Å². The van der Waals surface area contributed by atoms with Crippen LogP contribution in [0.15, 0.2) is 54.9 Å². The van der Waals surface area contributed by atoms with Gasteiger partial charge >= 0.3 is 0 Å². The van der Waals surface area contributed by atoms with Crippen LogP contribution in [-0.4, -0.2) is 14.7 Å². The molecule has 18 heavy (non-hydrogen) atoms. The first-order valence-electron chi connectivity index (χ1n) is 5.96. The Labute approximate surface area is 105 Å². The number of phenolic OH excluding ortho intramolecular Hbond substituents is 1. The van der Waals surface area contributed by atoms with Gasteiger partial charge in [0.2, 0.25) is 0 Å². The Kier molecular flexibility index (Phi) is 2.52. The molecule has 0 spiro atoms. The van der Waals surface area contributed by atoms with Gasteiger partial charge in [-0.3, -0.25) is 0 Å². The Morgan fingerprint density at radius 3 is 2.56 bits per heavy atom. The molecule has 1 unspecified atom stereocenters. The zero-order valence-electron chi connectivity index (χ0n) is 10.1. The molecule has 90 valence electrons. The van der Waals surface area contributed by atoms with Crippen LogP contribution >= 0.6 is 0 Å². The molecule has 0 radical (unpaired) electrons. The van der Waals surface area contributed by atoms with E-state index in [4.69, 9.17) is 0 Å². The minimum atomic E-state index is 0.193. The number of fused-ring (bicyclic) bond motifs is 1. The van der Waals surface area contributed by atoms with Crippen molar-refractivity contribution in [3.63, 3.8) is 0 Å². The van der Waals surface area contributed by atoms with Crippen LogP contribution in [0.5, 0.6) is 5.75 Å². The van der Waals surface area contributed by atoms with Crippen molar-refractivity contribution in [3.8, 4) is 5.75 Å². The van der Waals surface area contributed by atoms with E-state index in [9.17, 15) is 5.11 Å². The van der Waals surface area contributed by atoms with Gasteiger partial charge in [-0.25, -0.2) is 4.98 Å². The number of hydrogen-bond donors (Lipinski definition) is 1. The summed E-state index contributed by atoms with van der Waals surface area (Å²) in [5.74, 6) is 0.293. The molecular weight excluding hydrogens is 224 g/mol. The number of para-hydroxylation sites is 2. The number of nitrogens with zero attached hydrogens (tertiary/aromatic N) is 2. The molecule has 1 heterocycles. The summed E-state index contributed by atoms with van der Waals surface area (Å²) < 4.78 is 2.14. The summed E-state index contributed by atoms with van der Waals surface area (Å²) >= 11 is 0. The molecule has 1 atom stereocenters. The first kappa shape index (κ1) is 10.8. The minimum Gasteiger partial charge on any atom is -0.508 e. The van der Waals surface area contributed by atoms with Crippen LogP contribution in [0.3, 0.4) is 0 Å². The van der Waals surface area contributed by atoms with E-state index in [2.05, 4.69) is 22.5 Å². The SMILES string of the molecule is CC(c1ccc(O)cc1)n1cnc2ccccc21. The van der Waals surface area contributed by atoms with Gasteiger partial charge in [0.25, 0.3) is 0 Å². The van der Waals surface area contributed by atoms with E-state index in [1.54, 1.807) is 12.1 Å². The van der Waals surface area contributed by atoms with E-state index in [1.165, 1.54) is 0 Å². The van der Waals surface area contributed by atoms with Crippen molar-refractivity contribution in [3.05, 3.63) is 60.4 Å². The predicted molar refractivity (Wildman–Crippen MR) is 71.7 cm³/mol. The standard InChI is InChI=1S/C15H14N2O/c1-11(12-6-8-13(18)9-7-12)17-10-16-14-4-2-3-5-15(14)17/h2-11,18H,1H3. The van der Waals surface area contributed by atoms with E-state index in [1.807, 2.05) is 36.7 Å². The topological polar surface area (TPSA) is 38.0 Å². The first-order valence-corrected chi connectivity index (χ1v) is 5.96. The molecule has 0 saturated heterocycles. The van der Waals surface area contributed by atoms with Crippen LogP contribution in [0.4, 0.5) is 0 Å². The van der Waals surface area contributed by atoms with Gasteiger partial charge in [0.15, 0.2) is 0 Å². The smallest absolute Gasteiger partial charge is 0.115 e. The van der Waals surface area contributed by atoms with Crippen molar-refractivity contribution >= 4 is 11.0 Å². The summed E-state index contributed by atoms with van der Waals surface area (Å²) in [6.45, 7) is 2.13. The van der Waals surface area contributed by atoms with Gasteiger partial charge in [0.05, 0.1) is 23.4 Å². The van der Waals surface area contributed by atoms with E-state index in [0.717, 1.165) is 16.6 Å². The summed E-state index contributed by atoms with van der Waals surface area (Å²) in [5.41, 5.74) is 3.28. The molecule has 1 N–H and O–H groups in total. The van der Waals surface area contributed by atoms with Gasteiger partial charge in [-0.15, -0.1) is 0 Å². The molecule has 3 rings (SSSR count). The predicted octanol–water partition coefficient (Wildman–Crippen LogP) is 3.35. The second-order valence-electron chi connectivity index (χ2n) is 4.41. The maximum atomic E-state index is 9.32. The second kappa shape index (κ2) is 4.18. The Morgan fingerprint density at radius 1 is 1.06 bits per heavy atom. The number of aromatic nitrogens is 2. The fourth-order valence-corrected chi connectivity index (χ4v) is 2.20. The molecule has 0 saturated carbocycles. The van der Waals surface area contributed by atoms with Crippen molar-refractivity contribution in [2.24, 2.45) is 0 Å². The zero-order valence-corrected chi connectivity index (χ0v) is 10.1. The van der Waals surface area contributed by atoms with Gasteiger partial charge in [0, 0.05) is 0 Å². The Morgan fingerprint density at radius 2 is 1.78 bits per heavy atom. The third-order valence-electron chi connectivity index (χ3n) is 3.27. The lowest BCUT2D eigenvalue weighted by atomic mass is 10.1. The monoisotopic (exact) mass is 238 g/mol. The van der Waals surface area contributed by atoms with Crippen LogP contribution < -0.4 is 0 Å². The van der Waals surface area contributed by atoms with Crippen LogP contribution in [0.2, 0.25) is 0 Å². The average Bonchev–Trinajstić information content (AvgIpc) is 2.82. The molecule has 2 aromatic carbocycles. The highest BCUT2D eigenvalue weighted by Crippen LogP contribution is 2.24. The van der Waals surface area contributed by atoms with Crippen molar-refractivity contribution in [1.29, 1.82) is 0 Å². The number of aromatic hydroxyl groups is 1. The van der Waals surface area contributed by atoms with E-state index in [0.29, 0.717) is 5.75 Å². The molecule has 0 bridgehead atoms. The number of hydrogen-bond acceptors (Lipinski definition) is 2. The van der Waals surface area contributed by atoms with Crippen molar-refractivity contribution in [1.82, 2.24) is 9.55 Å². The quantitative estimate of drug-likeness (QED) is 0.743. The third kappa shape index (κ3) is 1.74. The van der Waals surface area contributed by atoms with Crippen LogP contribution in [0.25, 0.3) is 11.0 Å². The first-order chi connectivity index (χ1) is 8.75. The summed E-state index contributed by atoms with van der Waals surface area (Å²) in [6.07, 6.45) is 1.86. The highest BCUT2D eigenvalue weighted by Gasteiger charge is 2.10. The molecular formula is C15H14N2O. The van der Waals surface area contributed by atoms with Crippen molar-refractivity contribution in [2.75, 3.05) is 0 Å². The highest BCUT2D eigenvalue weighted by atomic mass is 16.3. The molecule has 0 aliphatic heterocycles. The molecule has 1 aromatic heterocycles. The molecule has 0 aliphatic rings. The fraction of sp³-hybridized carbons (Fsp3) is 0.133. The minimum absolute atomic E-state index is 0.193. The van der Waals surface area contributed by atoms with Crippen LogP contribution in [-0.2, 0) is 0 Å². The van der Waals surface area contributed by atoms with Gasteiger partial charge in [-0.1, -0.05) is 24.3 Å². The Hall–Kier alpha value is -2.29.